The van der Waals surface area contributed by atoms with E-state index in [1.54, 1.807) is 21.3 Å². The van der Waals surface area contributed by atoms with Gasteiger partial charge >= 0.3 is 8.80 Å². The molecular formula is C6H14O4Si. The number of rotatable bonds is 4. The van der Waals surface area contributed by atoms with Gasteiger partial charge in [0.2, 0.25) is 0 Å². The third-order valence-corrected chi connectivity index (χ3v) is 5.23. The summed E-state index contributed by atoms with van der Waals surface area (Å²) in [5.74, 6) is 0. The summed E-state index contributed by atoms with van der Waals surface area (Å²) in [7, 11) is 2.24. The van der Waals surface area contributed by atoms with Gasteiger partial charge in [-0.25, -0.2) is 0 Å². The SMILES string of the molecule is CO[Si](OC)(OC)C1(C)CO1. The van der Waals surface area contributed by atoms with Gasteiger partial charge in [-0.15, -0.1) is 0 Å². The van der Waals surface area contributed by atoms with E-state index in [4.69, 9.17) is 18.0 Å². The summed E-state index contributed by atoms with van der Waals surface area (Å²) in [6, 6.07) is 0. The van der Waals surface area contributed by atoms with Gasteiger partial charge in [0.25, 0.3) is 0 Å². The molecule has 4 nitrogen and oxygen atoms in total. The molecule has 0 aromatic heterocycles. The second-order valence-electron chi connectivity index (χ2n) is 2.69. The summed E-state index contributed by atoms with van der Waals surface area (Å²) in [4.78, 5) is 0. The molecule has 0 amide bonds. The van der Waals surface area contributed by atoms with Crippen molar-refractivity contribution in [2.75, 3.05) is 27.9 Å². The lowest BCUT2D eigenvalue weighted by Gasteiger charge is -2.27. The first-order valence-corrected chi connectivity index (χ1v) is 5.16. The third-order valence-electron chi connectivity index (χ3n) is 2.03. The highest BCUT2D eigenvalue weighted by atomic mass is 28.4. The first kappa shape index (κ1) is 9.15. The average molecular weight is 178 g/mol. The maximum Gasteiger partial charge on any atom is 0.536 e. The summed E-state index contributed by atoms with van der Waals surface area (Å²) < 4.78 is 20.9. The molecule has 1 rings (SSSR count). The van der Waals surface area contributed by atoms with Gasteiger partial charge in [-0.2, -0.15) is 0 Å². The fraction of sp³-hybridized carbons (Fsp3) is 1.00. The molecule has 1 aliphatic rings. The minimum Gasteiger partial charge on any atom is -0.375 e. The Balaban J connectivity index is 2.71. The fourth-order valence-corrected chi connectivity index (χ4v) is 3.40. The van der Waals surface area contributed by atoms with Crippen molar-refractivity contribution in [2.24, 2.45) is 0 Å². The van der Waals surface area contributed by atoms with E-state index in [-0.39, 0.29) is 5.22 Å². The highest BCUT2D eigenvalue weighted by Gasteiger charge is 2.66. The number of ether oxygens (including phenoxy) is 1. The predicted molar refractivity (Wildman–Crippen MR) is 41.1 cm³/mol. The fourth-order valence-electron chi connectivity index (χ4n) is 1.18. The summed E-state index contributed by atoms with van der Waals surface area (Å²) in [5.41, 5.74) is 0. The molecule has 0 aromatic rings. The van der Waals surface area contributed by atoms with E-state index < -0.39 is 8.80 Å². The standard InChI is InChI=1S/C6H14O4Si/c1-6(5-10-6)11(7-2,8-3)9-4/h5H2,1-4H3. The molecule has 0 aromatic carbocycles. The minimum absolute atomic E-state index is 0.314. The number of epoxide rings is 1. The molecule has 1 unspecified atom stereocenters. The summed E-state index contributed by atoms with van der Waals surface area (Å²) in [6.07, 6.45) is 0. The lowest BCUT2D eigenvalue weighted by atomic mass is 10.6. The molecular weight excluding hydrogens is 164 g/mol. The van der Waals surface area contributed by atoms with Crippen molar-refractivity contribution >= 4 is 8.80 Å². The molecule has 66 valence electrons. The quantitative estimate of drug-likeness (QED) is 0.455. The average Bonchev–Trinajstić information content (AvgIpc) is 2.74. The first-order chi connectivity index (χ1) is 5.14. The van der Waals surface area contributed by atoms with Crippen LogP contribution < -0.4 is 0 Å². The smallest absolute Gasteiger partial charge is 0.375 e. The molecule has 5 heteroatoms. The van der Waals surface area contributed by atoms with Crippen molar-refractivity contribution < 1.29 is 18.0 Å². The molecule has 11 heavy (non-hydrogen) atoms. The van der Waals surface area contributed by atoms with Gasteiger partial charge in [0.05, 0.1) is 6.61 Å². The predicted octanol–water partition coefficient (Wildman–Crippen LogP) is 0.193. The van der Waals surface area contributed by atoms with E-state index >= 15 is 0 Å². The normalized spacial score (nSPS) is 30.5. The van der Waals surface area contributed by atoms with E-state index in [1.165, 1.54) is 0 Å². The second kappa shape index (κ2) is 2.84. The molecule has 1 aliphatic heterocycles. The molecule has 0 aliphatic carbocycles. The van der Waals surface area contributed by atoms with Gasteiger partial charge in [0.15, 0.2) is 5.22 Å². The van der Waals surface area contributed by atoms with Crippen LogP contribution in [0.1, 0.15) is 6.92 Å². The topological polar surface area (TPSA) is 40.2 Å². The lowest BCUT2D eigenvalue weighted by Crippen LogP contribution is -2.55. The summed E-state index contributed by atoms with van der Waals surface area (Å²) in [6.45, 7) is 2.60. The van der Waals surface area contributed by atoms with Crippen LogP contribution >= 0.6 is 0 Å². The molecule has 1 heterocycles. The van der Waals surface area contributed by atoms with Gasteiger partial charge in [-0.05, 0) is 6.92 Å². The van der Waals surface area contributed by atoms with Gasteiger partial charge in [0.1, 0.15) is 0 Å². The van der Waals surface area contributed by atoms with Crippen molar-refractivity contribution in [1.29, 1.82) is 0 Å². The van der Waals surface area contributed by atoms with Gasteiger partial charge in [0, 0.05) is 21.3 Å². The van der Waals surface area contributed by atoms with E-state index in [0.717, 1.165) is 0 Å². The maximum atomic E-state index is 5.23. The lowest BCUT2D eigenvalue weighted by molar-refractivity contribution is 0.0912. The van der Waals surface area contributed by atoms with Crippen LogP contribution in [0.25, 0.3) is 0 Å². The molecule has 0 saturated carbocycles. The van der Waals surface area contributed by atoms with Crippen LogP contribution in [0, 0.1) is 0 Å². The molecule has 0 N–H and O–H groups in total. The van der Waals surface area contributed by atoms with Crippen LogP contribution in [0.15, 0.2) is 0 Å². The monoisotopic (exact) mass is 178 g/mol. The Labute approximate surface area is 67.8 Å². The molecule has 0 bridgehead atoms. The molecule has 1 atom stereocenters. The highest BCUT2D eigenvalue weighted by Crippen LogP contribution is 2.37. The second-order valence-corrected chi connectivity index (χ2v) is 6.08. The van der Waals surface area contributed by atoms with Crippen molar-refractivity contribution in [3.05, 3.63) is 0 Å². The van der Waals surface area contributed by atoms with E-state index in [1.807, 2.05) is 6.92 Å². The molecule has 1 fully saturated rings. The van der Waals surface area contributed by atoms with Crippen LogP contribution in [0.3, 0.4) is 0 Å². The highest BCUT2D eigenvalue weighted by molar-refractivity contribution is 6.64. The van der Waals surface area contributed by atoms with E-state index in [2.05, 4.69) is 0 Å². The number of hydrogen-bond donors (Lipinski definition) is 0. The van der Waals surface area contributed by atoms with E-state index in [9.17, 15) is 0 Å². The van der Waals surface area contributed by atoms with Crippen LogP contribution in [0.2, 0.25) is 0 Å². The number of hydrogen-bond acceptors (Lipinski definition) is 4. The summed E-state index contributed by atoms with van der Waals surface area (Å²) >= 11 is 0. The summed E-state index contributed by atoms with van der Waals surface area (Å²) in [5, 5.41) is -0.314. The Morgan fingerprint density at radius 3 is 1.64 bits per heavy atom. The molecule has 1 saturated heterocycles. The van der Waals surface area contributed by atoms with Crippen molar-refractivity contribution in [3.63, 3.8) is 0 Å². The van der Waals surface area contributed by atoms with Crippen LogP contribution in [0.4, 0.5) is 0 Å². The Hall–Kier alpha value is 0.0569. The Morgan fingerprint density at radius 2 is 1.55 bits per heavy atom. The van der Waals surface area contributed by atoms with Gasteiger partial charge in [-0.3, -0.25) is 0 Å². The van der Waals surface area contributed by atoms with Crippen molar-refractivity contribution in [3.8, 4) is 0 Å². The van der Waals surface area contributed by atoms with Crippen LogP contribution in [-0.4, -0.2) is 42.0 Å². The van der Waals surface area contributed by atoms with Crippen LogP contribution in [0.5, 0.6) is 0 Å². The third kappa shape index (κ3) is 1.23. The van der Waals surface area contributed by atoms with Crippen LogP contribution in [-0.2, 0) is 18.0 Å². The maximum absolute atomic E-state index is 5.23. The van der Waals surface area contributed by atoms with Crippen molar-refractivity contribution in [2.45, 2.75) is 12.1 Å². The van der Waals surface area contributed by atoms with Crippen molar-refractivity contribution in [1.82, 2.24) is 0 Å². The zero-order valence-corrected chi connectivity index (χ0v) is 8.34. The Kier molecular flexibility index (Phi) is 2.36. The molecule has 0 spiro atoms. The zero-order chi connectivity index (χ0) is 8.54. The Morgan fingerprint density at radius 1 is 1.18 bits per heavy atom. The molecule has 0 radical (unpaired) electrons. The van der Waals surface area contributed by atoms with Gasteiger partial charge < -0.3 is 18.0 Å². The first-order valence-electron chi connectivity index (χ1n) is 3.43. The largest absolute Gasteiger partial charge is 0.536 e. The minimum atomic E-state index is -2.53. The Bertz CT molecular complexity index is 133. The zero-order valence-electron chi connectivity index (χ0n) is 7.34. The van der Waals surface area contributed by atoms with E-state index in [0.29, 0.717) is 6.61 Å². The van der Waals surface area contributed by atoms with Gasteiger partial charge in [-0.1, -0.05) is 0 Å².